The van der Waals surface area contributed by atoms with Crippen LogP contribution in [-0.2, 0) is 27.7 Å². The van der Waals surface area contributed by atoms with Gasteiger partial charge in [0, 0.05) is 30.6 Å². The molecule has 2 aromatic heterocycles. The number of phenols is 1. The highest BCUT2D eigenvalue weighted by molar-refractivity contribution is 7.46. The number of ether oxygens (including phenoxy) is 1. The predicted octanol–water partition coefficient (Wildman–Crippen LogP) is 6.22. The minimum Gasteiger partial charge on any atom is -0.508 e. The standard InChI is InChI=1S/C30H41N4O6P/c1-5-7-9-26-33-27-28(34(26)19-20-17-22(35)11-13-25(20)40-41(36,37)38)23-12-10-21(18-24(23)32-29(27)31)30(3,4)14-16-39-15-8-6-2/h10-13,17-18,35H,5-9,14-16,19H2,1-4H3,(H2,31,32)(H2,36,37,38). The van der Waals surface area contributed by atoms with E-state index in [-0.39, 0.29) is 23.5 Å². The van der Waals surface area contributed by atoms with Crippen molar-refractivity contribution in [2.75, 3.05) is 18.9 Å². The molecule has 41 heavy (non-hydrogen) atoms. The number of pyridine rings is 1. The molecule has 0 saturated carbocycles. The largest absolute Gasteiger partial charge is 0.524 e. The van der Waals surface area contributed by atoms with Crippen molar-refractivity contribution in [3.63, 3.8) is 0 Å². The lowest BCUT2D eigenvalue weighted by molar-refractivity contribution is 0.115. The van der Waals surface area contributed by atoms with Crippen LogP contribution in [-0.4, -0.2) is 42.6 Å². The molecule has 0 bridgehead atoms. The van der Waals surface area contributed by atoms with Crippen LogP contribution in [0.4, 0.5) is 5.82 Å². The van der Waals surface area contributed by atoms with Crippen molar-refractivity contribution in [1.82, 2.24) is 14.5 Å². The van der Waals surface area contributed by atoms with Gasteiger partial charge in [-0.2, -0.15) is 0 Å². The minimum atomic E-state index is -4.83. The molecular weight excluding hydrogens is 543 g/mol. The SMILES string of the molecule is CCCCOCCC(C)(C)c1ccc2c(c1)nc(N)c1nc(CCCC)n(Cc3cc(O)ccc3OP(=O)(O)O)c12. The fourth-order valence-electron chi connectivity index (χ4n) is 4.97. The first-order valence-electron chi connectivity index (χ1n) is 14.2. The summed E-state index contributed by atoms with van der Waals surface area (Å²) in [5.41, 5.74) is 9.93. The number of phosphoric acid groups is 1. The molecule has 0 radical (unpaired) electrons. The molecule has 2 heterocycles. The second-order valence-electron chi connectivity index (χ2n) is 11.1. The number of anilines is 1. The number of rotatable bonds is 14. The van der Waals surface area contributed by atoms with E-state index in [0.717, 1.165) is 66.5 Å². The van der Waals surface area contributed by atoms with Crippen molar-refractivity contribution in [1.29, 1.82) is 0 Å². The quantitative estimate of drug-likeness (QED) is 0.0999. The molecule has 0 aliphatic rings. The zero-order chi connectivity index (χ0) is 29.8. The molecular formula is C30H41N4O6P. The van der Waals surface area contributed by atoms with Gasteiger partial charge in [-0.05, 0) is 54.5 Å². The third-order valence-electron chi connectivity index (χ3n) is 7.42. The van der Waals surface area contributed by atoms with Crippen LogP contribution in [0.3, 0.4) is 0 Å². The zero-order valence-corrected chi connectivity index (χ0v) is 25.2. The topological polar surface area (TPSA) is 153 Å². The lowest BCUT2D eigenvalue weighted by Crippen LogP contribution is -2.20. The van der Waals surface area contributed by atoms with E-state index < -0.39 is 7.82 Å². The number of nitrogen functional groups attached to an aromatic ring is 1. The molecule has 0 amide bonds. The van der Waals surface area contributed by atoms with Crippen LogP contribution in [0.2, 0.25) is 0 Å². The van der Waals surface area contributed by atoms with Crippen molar-refractivity contribution in [2.45, 2.75) is 78.2 Å². The fraction of sp³-hybridized carbons (Fsp3) is 0.467. The number of imidazole rings is 1. The van der Waals surface area contributed by atoms with Gasteiger partial charge in [-0.3, -0.25) is 9.79 Å². The summed E-state index contributed by atoms with van der Waals surface area (Å²) < 4.78 is 24.4. The van der Waals surface area contributed by atoms with Crippen LogP contribution >= 0.6 is 7.82 Å². The van der Waals surface area contributed by atoms with Gasteiger partial charge in [-0.25, -0.2) is 14.5 Å². The maximum Gasteiger partial charge on any atom is 0.524 e. The van der Waals surface area contributed by atoms with Crippen LogP contribution in [0.1, 0.15) is 76.8 Å². The smallest absolute Gasteiger partial charge is 0.508 e. The highest BCUT2D eigenvalue weighted by Gasteiger charge is 2.24. The van der Waals surface area contributed by atoms with Gasteiger partial charge in [0.2, 0.25) is 0 Å². The predicted molar refractivity (Wildman–Crippen MR) is 161 cm³/mol. The van der Waals surface area contributed by atoms with Gasteiger partial charge in [0.1, 0.15) is 22.8 Å². The van der Waals surface area contributed by atoms with Gasteiger partial charge >= 0.3 is 7.82 Å². The third kappa shape index (κ3) is 7.38. The maximum atomic E-state index is 11.7. The van der Waals surface area contributed by atoms with Crippen molar-refractivity contribution in [3.05, 3.63) is 53.3 Å². The molecule has 0 fully saturated rings. The van der Waals surface area contributed by atoms with E-state index in [4.69, 9.17) is 25.0 Å². The molecule has 0 aliphatic heterocycles. The number of fused-ring (bicyclic) bond motifs is 3. The van der Waals surface area contributed by atoms with Gasteiger partial charge in [-0.1, -0.05) is 52.7 Å². The Bertz CT molecular complexity index is 1560. The van der Waals surface area contributed by atoms with Gasteiger partial charge in [0.25, 0.3) is 0 Å². The Labute approximate surface area is 240 Å². The van der Waals surface area contributed by atoms with Gasteiger partial charge in [0.15, 0.2) is 5.82 Å². The summed E-state index contributed by atoms with van der Waals surface area (Å²) in [5.74, 6) is 1.01. The van der Waals surface area contributed by atoms with E-state index in [1.54, 1.807) is 0 Å². The van der Waals surface area contributed by atoms with Crippen molar-refractivity contribution >= 4 is 35.6 Å². The number of aryl methyl sites for hydroxylation is 1. The molecule has 10 nitrogen and oxygen atoms in total. The van der Waals surface area contributed by atoms with Gasteiger partial charge in [-0.15, -0.1) is 0 Å². The number of benzene rings is 2. The number of unbranched alkanes of at least 4 members (excludes halogenated alkanes) is 2. The number of hydrogen-bond donors (Lipinski definition) is 4. The van der Waals surface area contributed by atoms with E-state index in [9.17, 15) is 19.5 Å². The molecule has 5 N–H and O–H groups in total. The van der Waals surface area contributed by atoms with Crippen LogP contribution in [0.5, 0.6) is 11.5 Å². The van der Waals surface area contributed by atoms with Crippen molar-refractivity contribution in [3.8, 4) is 11.5 Å². The molecule has 0 atom stereocenters. The second-order valence-corrected chi connectivity index (χ2v) is 12.3. The number of nitrogens with zero attached hydrogens (tertiary/aromatic N) is 3. The summed E-state index contributed by atoms with van der Waals surface area (Å²) in [5, 5.41) is 11.1. The lowest BCUT2D eigenvalue weighted by atomic mass is 9.81. The van der Waals surface area contributed by atoms with E-state index in [2.05, 4.69) is 39.8 Å². The summed E-state index contributed by atoms with van der Waals surface area (Å²) in [7, 11) is -4.83. The van der Waals surface area contributed by atoms with Crippen molar-refractivity contribution < 1.29 is 28.7 Å². The first-order chi connectivity index (χ1) is 19.4. The lowest BCUT2D eigenvalue weighted by Gasteiger charge is -2.25. The highest BCUT2D eigenvalue weighted by atomic mass is 31.2. The Hall–Kier alpha value is -3.17. The first kappa shape index (κ1) is 30.8. The second kappa shape index (κ2) is 12.8. The Morgan fingerprint density at radius 3 is 2.49 bits per heavy atom. The molecule has 11 heteroatoms. The number of phosphoric ester groups is 1. The number of aromatic nitrogens is 3. The number of nitrogens with two attached hydrogens (primary N) is 1. The summed E-state index contributed by atoms with van der Waals surface area (Å²) >= 11 is 0. The van der Waals surface area contributed by atoms with E-state index >= 15 is 0 Å². The Balaban J connectivity index is 1.81. The molecule has 4 rings (SSSR count). The Morgan fingerprint density at radius 2 is 1.78 bits per heavy atom. The maximum absolute atomic E-state index is 11.7. The summed E-state index contributed by atoms with van der Waals surface area (Å²) in [6, 6.07) is 10.3. The Kier molecular flexibility index (Phi) is 9.59. The van der Waals surface area contributed by atoms with Crippen LogP contribution in [0.25, 0.3) is 21.9 Å². The molecule has 4 aromatic rings. The minimum absolute atomic E-state index is 0.0176. The zero-order valence-electron chi connectivity index (χ0n) is 24.3. The molecule has 0 saturated heterocycles. The monoisotopic (exact) mass is 584 g/mol. The number of aromatic hydroxyl groups is 1. The van der Waals surface area contributed by atoms with E-state index in [0.29, 0.717) is 29.9 Å². The third-order valence-corrected chi connectivity index (χ3v) is 7.86. The fourth-order valence-corrected chi connectivity index (χ4v) is 5.41. The van der Waals surface area contributed by atoms with Crippen molar-refractivity contribution in [2.24, 2.45) is 0 Å². The summed E-state index contributed by atoms with van der Waals surface area (Å²) in [6.07, 6.45) is 5.53. The normalized spacial score (nSPS) is 12.4. The van der Waals surface area contributed by atoms with Crippen LogP contribution < -0.4 is 10.3 Å². The van der Waals surface area contributed by atoms with Crippen LogP contribution in [0, 0.1) is 0 Å². The highest BCUT2D eigenvalue weighted by Crippen LogP contribution is 2.41. The molecule has 2 aromatic carbocycles. The average molecular weight is 585 g/mol. The molecule has 222 valence electrons. The average Bonchev–Trinajstić information content (AvgIpc) is 3.26. The summed E-state index contributed by atoms with van der Waals surface area (Å²) in [4.78, 5) is 28.5. The molecule has 0 aliphatic carbocycles. The first-order valence-corrected chi connectivity index (χ1v) is 15.7. The summed E-state index contributed by atoms with van der Waals surface area (Å²) in [6.45, 7) is 10.2. The number of phenolic OH excluding ortho intramolecular Hbond substituents is 1. The number of hydrogen-bond acceptors (Lipinski definition) is 7. The molecule has 0 spiro atoms. The van der Waals surface area contributed by atoms with Crippen LogP contribution in [0.15, 0.2) is 36.4 Å². The van der Waals surface area contributed by atoms with E-state index in [1.807, 2.05) is 10.6 Å². The Morgan fingerprint density at radius 1 is 1.02 bits per heavy atom. The van der Waals surface area contributed by atoms with E-state index in [1.165, 1.54) is 18.2 Å². The van der Waals surface area contributed by atoms with Gasteiger partial charge < -0.3 is 24.7 Å². The molecule has 0 unspecified atom stereocenters. The van der Waals surface area contributed by atoms with Gasteiger partial charge in [0.05, 0.1) is 17.6 Å².